The topological polar surface area (TPSA) is 66.4 Å². The Morgan fingerprint density at radius 2 is 2.27 bits per heavy atom. The minimum atomic E-state index is -1.01. The summed E-state index contributed by atoms with van der Waals surface area (Å²) < 4.78 is 0. The molecular weight excluding hydrogens is 214 g/mol. The lowest BCUT2D eigenvalue weighted by Crippen LogP contribution is -2.12. The number of anilines is 1. The Kier molecular flexibility index (Phi) is 4.30. The monoisotopic (exact) mass is 227 g/mol. The molecule has 2 N–H and O–H groups in total. The lowest BCUT2D eigenvalue weighted by Gasteiger charge is -2.02. The van der Waals surface area contributed by atoms with Crippen molar-refractivity contribution >= 4 is 28.2 Å². The fourth-order valence-electron chi connectivity index (χ4n) is 1.10. The second-order valence-corrected chi connectivity index (χ2v) is 4.04. The number of unbranched alkanes of at least 4 members (excludes halogenated alkanes) is 1. The number of aromatic carboxylic acids is 1. The van der Waals surface area contributed by atoms with Crippen molar-refractivity contribution in [2.45, 2.75) is 26.2 Å². The van der Waals surface area contributed by atoms with Crippen LogP contribution in [0.25, 0.3) is 0 Å². The van der Waals surface area contributed by atoms with E-state index in [0.717, 1.165) is 12.8 Å². The van der Waals surface area contributed by atoms with Gasteiger partial charge in [0, 0.05) is 6.42 Å². The third kappa shape index (κ3) is 3.36. The zero-order chi connectivity index (χ0) is 11.3. The third-order valence-corrected chi connectivity index (χ3v) is 2.74. The Balaban J connectivity index is 2.60. The number of rotatable bonds is 5. The number of carboxylic acid groups (broad SMARTS) is 1. The zero-order valence-corrected chi connectivity index (χ0v) is 9.26. The van der Waals surface area contributed by atoms with Crippen molar-refractivity contribution in [2.75, 3.05) is 5.32 Å². The summed E-state index contributed by atoms with van der Waals surface area (Å²) in [7, 11) is 0. The number of thiophene rings is 1. The lowest BCUT2D eigenvalue weighted by atomic mass is 10.2. The number of hydrogen-bond acceptors (Lipinski definition) is 3. The first-order valence-electron chi connectivity index (χ1n) is 4.75. The van der Waals surface area contributed by atoms with Crippen LogP contribution in [-0.4, -0.2) is 17.0 Å². The molecule has 1 aromatic heterocycles. The highest BCUT2D eigenvalue weighted by atomic mass is 32.1. The summed E-state index contributed by atoms with van der Waals surface area (Å²) in [5.41, 5.74) is 0.157. The van der Waals surface area contributed by atoms with Crippen LogP contribution in [0.1, 0.15) is 36.5 Å². The van der Waals surface area contributed by atoms with Crippen molar-refractivity contribution < 1.29 is 14.7 Å². The van der Waals surface area contributed by atoms with E-state index in [0.29, 0.717) is 11.4 Å². The molecule has 0 fully saturated rings. The molecule has 0 radical (unpaired) electrons. The summed E-state index contributed by atoms with van der Waals surface area (Å²) in [4.78, 5) is 22.1. The molecule has 1 aromatic rings. The Morgan fingerprint density at radius 3 is 2.87 bits per heavy atom. The van der Waals surface area contributed by atoms with Crippen LogP contribution < -0.4 is 5.32 Å². The van der Waals surface area contributed by atoms with Gasteiger partial charge in [0.05, 0.1) is 5.56 Å². The van der Waals surface area contributed by atoms with Crippen LogP contribution in [-0.2, 0) is 4.79 Å². The molecule has 0 atom stereocenters. The van der Waals surface area contributed by atoms with Crippen LogP contribution in [0.3, 0.4) is 0 Å². The first-order valence-corrected chi connectivity index (χ1v) is 5.63. The molecule has 1 heterocycles. The minimum absolute atomic E-state index is 0.123. The van der Waals surface area contributed by atoms with Gasteiger partial charge < -0.3 is 10.4 Å². The first-order chi connectivity index (χ1) is 7.15. The fraction of sp³-hybridized carbons (Fsp3) is 0.400. The Morgan fingerprint density at radius 1 is 1.53 bits per heavy atom. The predicted molar refractivity (Wildman–Crippen MR) is 59.4 cm³/mol. The molecule has 0 bridgehead atoms. The van der Waals surface area contributed by atoms with Gasteiger partial charge in [-0.1, -0.05) is 13.3 Å². The van der Waals surface area contributed by atoms with Crippen molar-refractivity contribution in [3.05, 3.63) is 17.0 Å². The average Bonchev–Trinajstić information content (AvgIpc) is 2.62. The second kappa shape index (κ2) is 5.50. The predicted octanol–water partition coefficient (Wildman–Crippen LogP) is 2.58. The van der Waals surface area contributed by atoms with Gasteiger partial charge in [0.15, 0.2) is 0 Å². The highest BCUT2D eigenvalue weighted by Gasteiger charge is 2.13. The molecule has 0 aromatic carbocycles. The Bertz CT molecular complexity index is 359. The number of amides is 1. The summed E-state index contributed by atoms with van der Waals surface area (Å²) in [5.74, 6) is -1.14. The van der Waals surface area contributed by atoms with Crippen molar-refractivity contribution in [3.8, 4) is 0 Å². The zero-order valence-electron chi connectivity index (χ0n) is 8.45. The summed E-state index contributed by atoms with van der Waals surface area (Å²) >= 11 is 1.23. The SMILES string of the molecule is CCCCC(=O)Nc1sccc1C(=O)O. The van der Waals surface area contributed by atoms with Gasteiger partial charge in [-0.3, -0.25) is 4.79 Å². The molecule has 82 valence electrons. The molecule has 1 rings (SSSR count). The lowest BCUT2D eigenvalue weighted by molar-refractivity contribution is -0.116. The van der Waals surface area contributed by atoms with Crippen LogP contribution in [0.15, 0.2) is 11.4 Å². The molecule has 0 aliphatic heterocycles. The third-order valence-electron chi connectivity index (χ3n) is 1.91. The van der Waals surface area contributed by atoms with E-state index in [9.17, 15) is 9.59 Å². The van der Waals surface area contributed by atoms with Gasteiger partial charge in [-0.05, 0) is 17.9 Å². The fourth-order valence-corrected chi connectivity index (χ4v) is 1.90. The van der Waals surface area contributed by atoms with E-state index < -0.39 is 5.97 Å². The highest BCUT2D eigenvalue weighted by Crippen LogP contribution is 2.23. The highest BCUT2D eigenvalue weighted by molar-refractivity contribution is 7.14. The molecule has 1 amide bonds. The Hall–Kier alpha value is -1.36. The van der Waals surface area contributed by atoms with Crippen LogP contribution in [0, 0.1) is 0 Å². The quantitative estimate of drug-likeness (QED) is 0.812. The van der Waals surface area contributed by atoms with Gasteiger partial charge in [-0.15, -0.1) is 11.3 Å². The van der Waals surface area contributed by atoms with E-state index in [-0.39, 0.29) is 11.5 Å². The normalized spacial score (nSPS) is 9.93. The largest absolute Gasteiger partial charge is 0.478 e. The van der Waals surface area contributed by atoms with Gasteiger partial charge in [0.1, 0.15) is 5.00 Å². The Labute approximate surface area is 91.9 Å². The molecular formula is C10H13NO3S. The standard InChI is InChI=1S/C10H13NO3S/c1-2-3-4-8(12)11-9-7(10(13)14)5-6-15-9/h5-6H,2-4H2,1H3,(H,11,12)(H,13,14). The van der Waals surface area contributed by atoms with Gasteiger partial charge >= 0.3 is 5.97 Å². The smallest absolute Gasteiger partial charge is 0.338 e. The molecule has 0 saturated heterocycles. The summed E-state index contributed by atoms with van der Waals surface area (Å²) in [6.45, 7) is 2.00. The first kappa shape index (κ1) is 11.7. The van der Waals surface area contributed by atoms with Gasteiger partial charge in [-0.25, -0.2) is 4.79 Å². The van der Waals surface area contributed by atoms with Crippen molar-refractivity contribution in [1.82, 2.24) is 0 Å². The molecule has 5 heteroatoms. The van der Waals surface area contributed by atoms with Gasteiger partial charge in [-0.2, -0.15) is 0 Å². The maximum Gasteiger partial charge on any atom is 0.338 e. The summed E-state index contributed by atoms with van der Waals surface area (Å²) in [6.07, 6.45) is 2.21. The number of hydrogen-bond donors (Lipinski definition) is 2. The van der Waals surface area contributed by atoms with Crippen LogP contribution in [0.2, 0.25) is 0 Å². The maximum atomic E-state index is 11.3. The molecule has 0 aliphatic rings. The van der Waals surface area contributed by atoms with Crippen LogP contribution in [0.4, 0.5) is 5.00 Å². The number of carbonyl (C=O) groups is 2. The van der Waals surface area contributed by atoms with Gasteiger partial charge in [0.2, 0.25) is 5.91 Å². The van der Waals surface area contributed by atoms with Crippen LogP contribution in [0.5, 0.6) is 0 Å². The number of carboxylic acids is 1. The van der Waals surface area contributed by atoms with E-state index in [1.165, 1.54) is 17.4 Å². The van der Waals surface area contributed by atoms with E-state index >= 15 is 0 Å². The molecule has 0 unspecified atom stereocenters. The van der Waals surface area contributed by atoms with Crippen molar-refractivity contribution in [1.29, 1.82) is 0 Å². The molecule has 15 heavy (non-hydrogen) atoms. The van der Waals surface area contributed by atoms with E-state index in [4.69, 9.17) is 5.11 Å². The molecule has 0 spiro atoms. The molecule has 0 saturated carbocycles. The maximum absolute atomic E-state index is 11.3. The van der Waals surface area contributed by atoms with Crippen molar-refractivity contribution in [2.24, 2.45) is 0 Å². The van der Waals surface area contributed by atoms with E-state index in [2.05, 4.69) is 5.32 Å². The molecule has 4 nitrogen and oxygen atoms in total. The summed E-state index contributed by atoms with van der Waals surface area (Å²) in [6, 6.07) is 1.49. The summed E-state index contributed by atoms with van der Waals surface area (Å²) in [5, 5.41) is 13.5. The van der Waals surface area contributed by atoms with Gasteiger partial charge in [0.25, 0.3) is 0 Å². The minimum Gasteiger partial charge on any atom is -0.478 e. The van der Waals surface area contributed by atoms with Crippen LogP contribution >= 0.6 is 11.3 Å². The van der Waals surface area contributed by atoms with Crippen molar-refractivity contribution in [3.63, 3.8) is 0 Å². The average molecular weight is 227 g/mol. The second-order valence-electron chi connectivity index (χ2n) is 3.12. The molecule has 0 aliphatic carbocycles. The van der Waals surface area contributed by atoms with E-state index in [1.807, 2.05) is 6.92 Å². The number of nitrogens with one attached hydrogen (secondary N) is 1. The number of carbonyl (C=O) groups excluding carboxylic acids is 1. The van der Waals surface area contributed by atoms with E-state index in [1.54, 1.807) is 5.38 Å².